The van der Waals surface area contributed by atoms with E-state index in [0.717, 1.165) is 32.3 Å². The number of rotatable bonds is 6. The molecule has 1 heterocycles. The van der Waals surface area contributed by atoms with Gasteiger partial charge < -0.3 is 15.8 Å². The molecule has 1 aliphatic heterocycles. The summed E-state index contributed by atoms with van der Waals surface area (Å²) < 4.78 is 5.58. The molecule has 1 atom stereocenters. The Labute approximate surface area is 91.5 Å². The molecule has 1 fully saturated rings. The fraction of sp³-hybridized carbons (Fsp3) is 0.909. The molecule has 0 bridgehead atoms. The van der Waals surface area contributed by atoms with Crippen LogP contribution < -0.4 is 11.1 Å². The molecule has 0 aliphatic carbocycles. The number of carbonyl (C=O) groups is 1. The molecule has 0 aromatic rings. The predicted molar refractivity (Wildman–Crippen MR) is 59.5 cm³/mol. The lowest BCUT2D eigenvalue weighted by molar-refractivity contribution is -0.122. The zero-order chi connectivity index (χ0) is 11.1. The highest BCUT2D eigenvalue weighted by atomic mass is 16.5. The van der Waals surface area contributed by atoms with E-state index in [1.54, 1.807) is 0 Å². The Balaban J connectivity index is 2.10. The van der Waals surface area contributed by atoms with E-state index in [-0.39, 0.29) is 11.5 Å². The molecule has 88 valence electrons. The zero-order valence-corrected chi connectivity index (χ0v) is 9.55. The summed E-state index contributed by atoms with van der Waals surface area (Å²) in [4.78, 5) is 11.4. The van der Waals surface area contributed by atoms with Gasteiger partial charge in [0.2, 0.25) is 5.91 Å². The van der Waals surface area contributed by atoms with E-state index in [4.69, 9.17) is 10.5 Å². The quantitative estimate of drug-likeness (QED) is 0.643. The van der Waals surface area contributed by atoms with E-state index in [1.807, 2.05) is 0 Å². The number of amides is 1. The average molecular weight is 214 g/mol. The maximum Gasteiger partial charge on any atom is 0.220 e. The van der Waals surface area contributed by atoms with Gasteiger partial charge in [0, 0.05) is 19.6 Å². The van der Waals surface area contributed by atoms with E-state index in [1.165, 1.54) is 0 Å². The highest BCUT2D eigenvalue weighted by molar-refractivity contribution is 5.75. The first-order valence-electron chi connectivity index (χ1n) is 5.77. The Hall–Kier alpha value is -0.610. The Morgan fingerprint density at radius 1 is 1.53 bits per heavy atom. The average Bonchev–Trinajstić information content (AvgIpc) is 2.64. The third-order valence-corrected chi connectivity index (χ3v) is 2.82. The third-order valence-electron chi connectivity index (χ3n) is 2.82. The van der Waals surface area contributed by atoms with Crippen LogP contribution in [0.25, 0.3) is 0 Å². The van der Waals surface area contributed by atoms with Crippen LogP contribution in [-0.4, -0.2) is 31.2 Å². The second kappa shape index (κ2) is 6.08. The number of ether oxygens (including phenoxy) is 1. The van der Waals surface area contributed by atoms with Crippen LogP contribution in [0.4, 0.5) is 0 Å². The van der Waals surface area contributed by atoms with E-state index in [2.05, 4.69) is 12.2 Å². The molecular formula is C11H22N2O2. The van der Waals surface area contributed by atoms with Gasteiger partial charge in [-0.25, -0.2) is 0 Å². The fourth-order valence-electron chi connectivity index (χ4n) is 1.78. The number of hydrogen-bond donors (Lipinski definition) is 2. The standard InChI is InChI=1S/C11H22N2O2/c1-11(6-4-8-15-11)9-13-10(14)5-2-3-7-12/h2-9,12H2,1H3,(H,13,14). The van der Waals surface area contributed by atoms with Crippen molar-refractivity contribution in [3.63, 3.8) is 0 Å². The second-order valence-corrected chi connectivity index (χ2v) is 4.42. The molecule has 1 rings (SSSR count). The van der Waals surface area contributed by atoms with Gasteiger partial charge in [0.15, 0.2) is 0 Å². The predicted octanol–water partition coefficient (Wildman–Crippen LogP) is 0.801. The zero-order valence-electron chi connectivity index (χ0n) is 9.55. The van der Waals surface area contributed by atoms with Crippen molar-refractivity contribution in [3.8, 4) is 0 Å². The van der Waals surface area contributed by atoms with Crippen LogP contribution in [-0.2, 0) is 9.53 Å². The van der Waals surface area contributed by atoms with Gasteiger partial charge in [-0.3, -0.25) is 4.79 Å². The van der Waals surface area contributed by atoms with Crippen molar-refractivity contribution in [2.45, 2.75) is 44.6 Å². The van der Waals surface area contributed by atoms with E-state index in [9.17, 15) is 4.79 Å². The van der Waals surface area contributed by atoms with E-state index in [0.29, 0.717) is 19.5 Å². The SMILES string of the molecule is CC1(CNC(=O)CCCCN)CCCO1. The molecular weight excluding hydrogens is 192 g/mol. The molecule has 0 saturated carbocycles. The summed E-state index contributed by atoms with van der Waals surface area (Å²) >= 11 is 0. The van der Waals surface area contributed by atoms with Crippen LogP contribution in [0.2, 0.25) is 0 Å². The molecule has 0 spiro atoms. The number of hydrogen-bond acceptors (Lipinski definition) is 3. The largest absolute Gasteiger partial charge is 0.373 e. The highest BCUT2D eigenvalue weighted by Crippen LogP contribution is 2.23. The minimum atomic E-state index is -0.135. The van der Waals surface area contributed by atoms with Crippen molar-refractivity contribution in [3.05, 3.63) is 0 Å². The first-order valence-corrected chi connectivity index (χ1v) is 5.77. The smallest absolute Gasteiger partial charge is 0.220 e. The van der Waals surface area contributed by atoms with Gasteiger partial charge in [-0.2, -0.15) is 0 Å². The monoisotopic (exact) mass is 214 g/mol. The maximum absolute atomic E-state index is 11.4. The van der Waals surface area contributed by atoms with Crippen LogP contribution in [0.15, 0.2) is 0 Å². The molecule has 1 unspecified atom stereocenters. The lowest BCUT2D eigenvalue weighted by Gasteiger charge is -2.23. The molecule has 4 nitrogen and oxygen atoms in total. The summed E-state index contributed by atoms with van der Waals surface area (Å²) in [6.45, 7) is 4.17. The molecule has 0 aromatic carbocycles. The van der Waals surface area contributed by atoms with Gasteiger partial charge in [-0.1, -0.05) is 0 Å². The maximum atomic E-state index is 11.4. The van der Waals surface area contributed by atoms with Gasteiger partial charge in [0.25, 0.3) is 0 Å². The number of nitrogens with one attached hydrogen (secondary N) is 1. The molecule has 1 saturated heterocycles. The number of unbranched alkanes of at least 4 members (excludes halogenated alkanes) is 1. The Morgan fingerprint density at radius 3 is 2.93 bits per heavy atom. The van der Waals surface area contributed by atoms with Crippen LogP contribution >= 0.6 is 0 Å². The lowest BCUT2D eigenvalue weighted by Crippen LogP contribution is -2.40. The summed E-state index contributed by atoms with van der Waals surface area (Å²) in [5.74, 6) is 0.111. The molecule has 0 radical (unpaired) electrons. The van der Waals surface area contributed by atoms with Crippen molar-refractivity contribution < 1.29 is 9.53 Å². The van der Waals surface area contributed by atoms with E-state index >= 15 is 0 Å². The summed E-state index contributed by atoms with van der Waals surface area (Å²) in [7, 11) is 0. The van der Waals surface area contributed by atoms with Crippen molar-refractivity contribution in [2.75, 3.05) is 19.7 Å². The summed E-state index contributed by atoms with van der Waals surface area (Å²) in [6, 6.07) is 0. The Morgan fingerprint density at radius 2 is 2.33 bits per heavy atom. The first kappa shape index (κ1) is 12.5. The van der Waals surface area contributed by atoms with Crippen molar-refractivity contribution in [1.82, 2.24) is 5.32 Å². The van der Waals surface area contributed by atoms with E-state index < -0.39 is 0 Å². The second-order valence-electron chi connectivity index (χ2n) is 4.42. The number of carbonyl (C=O) groups excluding carboxylic acids is 1. The molecule has 0 aromatic heterocycles. The molecule has 1 aliphatic rings. The third kappa shape index (κ3) is 4.62. The summed E-state index contributed by atoms with van der Waals surface area (Å²) in [5.41, 5.74) is 5.22. The molecule has 15 heavy (non-hydrogen) atoms. The van der Waals surface area contributed by atoms with Crippen molar-refractivity contribution >= 4 is 5.91 Å². The first-order chi connectivity index (χ1) is 7.16. The highest BCUT2D eigenvalue weighted by Gasteiger charge is 2.29. The minimum absolute atomic E-state index is 0.111. The van der Waals surface area contributed by atoms with Crippen molar-refractivity contribution in [1.29, 1.82) is 0 Å². The Bertz CT molecular complexity index is 201. The van der Waals surface area contributed by atoms with Crippen molar-refractivity contribution in [2.24, 2.45) is 5.73 Å². The normalized spacial score (nSPS) is 25.5. The van der Waals surface area contributed by atoms with Crippen LogP contribution in [0.3, 0.4) is 0 Å². The van der Waals surface area contributed by atoms with Gasteiger partial charge in [-0.05, 0) is 39.2 Å². The summed E-state index contributed by atoms with van der Waals surface area (Å²) in [6.07, 6.45) is 4.50. The van der Waals surface area contributed by atoms with Crippen LogP contribution in [0.5, 0.6) is 0 Å². The van der Waals surface area contributed by atoms with Gasteiger partial charge in [0.05, 0.1) is 5.60 Å². The van der Waals surface area contributed by atoms with Crippen LogP contribution in [0.1, 0.15) is 39.0 Å². The number of nitrogens with two attached hydrogens (primary N) is 1. The fourth-order valence-corrected chi connectivity index (χ4v) is 1.78. The summed E-state index contributed by atoms with van der Waals surface area (Å²) in [5, 5.41) is 2.92. The molecule has 1 amide bonds. The molecule has 4 heteroatoms. The van der Waals surface area contributed by atoms with Crippen LogP contribution in [0, 0.1) is 0 Å². The lowest BCUT2D eigenvalue weighted by atomic mass is 10.0. The van der Waals surface area contributed by atoms with Gasteiger partial charge >= 0.3 is 0 Å². The molecule has 3 N–H and O–H groups in total. The van der Waals surface area contributed by atoms with Gasteiger partial charge in [0.1, 0.15) is 0 Å². The Kier molecular flexibility index (Phi) is 5.05. The minimum Gasteiger partial charge on any atom is -0.373 e. The topological polar surface area (TPSA) is 64.4 Å². The van der Waals surface area contributed by atoms with Gasteiger partial charge in [-0.15, -0.1) is 0 Å².